The van der Waals surface area contributed by atoms with Crippen molar-refractivity contribution < 1.29 is 19.1 Å². The maximum absolute atomic E-state index is 12.2. The highest BCUT2D eigenvalue weighted by Crippen LogP contribution is 2.27. The second-order valence-corrected chi connectivity index (χ2v) is 7.11. The van der Waals surface area contributed by atoms with Crippen LogP contribution < -0.4 is 20.9 Å². The molecule has 3 N–H and O–H groups in total. The number of amides is 3. The van der Waals surface area contributed by atoms with Crippen molar-refractivity contribution in [2.45, 2.75) is 0 Å². The maximum Gasteiger partial charge on any atom is 0.276 e. The van der Waals surface area contributed by atoms with Crippen LogP contribution >= 0.6 is 23.2 Å². The van der Waals surface area contributed by atoms with Crippen molar-refractivity contribution in [3.05, 3.63) is 94.0 Å². The minimum atomic E-state index is -0.578. The average Bonchev–Trinajstić information content (AvgIpc) is 2.78. The summed E-state index contributed by atoms with van der Waals surface area (Å²) in [6.45, 7) is -0.355. The first-order valence-corrected chi connectivity index (χ1v) is 9.81. The summed E-state index contributed by atoms with van der Waals surface area (Å²) in [6, 6.07) is 19.6. The third-order valence-corrected chi connectivity index (χ3v) is 4.54. The Kier molecular flexibility index (Phi) is 7.48. The van der Waals surface area contributed by atoms with E-state index in [2.05, 4.69) is 16.2 Å². The molecule has 9 heteroatoms. The van der Waals surface area contributed by atoms with Gasteiger partial charge in [-0.25, -0.2) is 0 Å². The van der Waals surface area contributed by atoms with Crippen molar-refractivity contribution in [3.63, 3.8) is 0 Å². The van der Waals surface area contributed by atoms with E-state index in [-0.39, 0.29) is 17.5 Å². The van der Waals surface area contributed by atoms with Crippen molar-refractivity contribution in [2.24, 2.45) is 0 Å². The number of halogens is 2. The maximum atomic E-state index is 12.2. The van der Waals surface area contributed by atoms with Gasteiger partial charge in [-0.1, -0.05) is 41.4 Å². The van der Waals surface area contributed by atoms with Gasteiger partial charge in [0.2, 0.25) is 0 Å². The number of hydrazine groups is 1. The van der Waals surface area contributed by atoms with E-state index < -0.39 is 11.8 Å². The van der Waals surface area contributed by atoms with Crippen LogP contribution in [0.1, 0.15) is 20.7 Å². The van der Waals surface area contributed by atoms with E-state index >= 15 is 0 Å². The van der Waals surface area contributed by atoms with Gasteiger partial charge in [-0.3, -0.25) is 25.2 Å². The molecule has 3 aromatic carbocycles. The standard InChI is InChI=1S/C22H17Cl2N3O4/c23-16-8-11-19(18(24)12-16)31-13-20(28)26-27-22(30)15-6-9-17(10-7-15)25-21(29)14-4-2-1-3-5-14/h1-12H,13H2,(H,25,29)(H,26,28)(H,27,30). The molecule has 0 aliphatic carbocycles. The number of hydrogen-bond donors (Lipinski definition) is 3. The zero-order valence-corrected chi connectivity index (χ0v) is 17.5. The Labute approximate surface area is 188 Å². The Morgan fingerprint density at radius 2 is 1.45 bits per heavy atom. The van der Waals surface area contributed by atoms with Crippen LogP contribution in [-0.2, 0) is 4.79 Å². The molecule has 0 aliphatic heterocycles. The fraction of sp³-hybridized carbons (Fsp3) is 0.0455. The van der Waals surface area contributed by atoms with Gasteiger partial charge in [0.1, 0.15) is 5.75 Å². The second kappa shape index (κ2) is 10.5. The van der Waals surface area contributed by atoms with Gasteiger partial charge in [0.05, 0.1) is 5.02 Å². The number of carbonyl (C=O) groups is 3. The molecule has 0 bridgehead atoms. The first-order valence-electron chi connectivity index (χ1n) is 9.06. The molecule has 3 aromatic rings. The summed E-state index contributed by atoms with van der Waals surface area (Å²) in [5.74, 6) is -1.07. The molecular weight excluding hydrogens is 441 g/mol. The molecule has 31 heavy (non-hydrogen) atoms. The lowest BCUT2D eigenvalue weighted by Gasteiger charge is -2.10. The van der Waals surface area contributed by atoms with Crippen LogP contribution in [0.2, 0.25) is 10.0 Å². The molecule has 0 radical (unpaired) electrons. The van der Waals surface area contributed by atoms with E-state index in [4.69, 9.17) is 27.9 Å². The summed E-state index contributed by atoms with van der Waals surface area (Å²) in [5.41, 5.74) is 5.88. The van der Waals surface area contributed by atoms with E-state index in [0.29, 0.717) is 27.6 Å². The molecule has 158 valence electrons. The van der Waals surface area contributed by atoms with E-state index in [1.165, 1.54) is 24.3 Å². The summed E-state index contributed by atoms with van der Waals surface area (Å²) in [7, 11) is 0. The van der Waals surface area contributed by atoms with Crippen LogP contribution in [0.5, 0.6) is 5.75 Å². The molecular formula is C22H17Cl2N3O4. The van der Waals surface area contributed by atoms with E-state index in [1.54, 1.807) is 42.5 Å². The number of anilines is 1. The largest absolute Gasteiger partial charge is 0.482 e. The predicted molar refractivity (Wildman–Crippen MR) is 118 cm³/mol. The van der Waals surface area contributed by atoms with E-state index in [0.717, 1.165) is 0 Å². The molecule has 0 atom stereocenters. The van der Waals surface area contributed by atoms with Gasteiger partial charge in [0, 0.05) is 21.8 Å². The van der Waals surface area contributed by atoms with Crippen molar-refractivity contribution in [2.75, 3.05) is 11.9 Å². The van der Waals surface area contributed by atoms with E-state index in [1.807, 2.05) is 6.07 Å². The average molecular weight is 458 g/mol. The molecule has 0 spiro atoms. The van der Waals surface area contributed by atoms with E-state index in [9.17, 15) is 14.4 Å². The lowest BCUT2D eigenvalue weighted by molar-refractivity contribution is -0.123. The molecule has 0 saturated carbocycles. The van der Waals surface area contributed by atoms with Gasteiger partial charge < -0.3 is 10.1 Å². The summed E-state index contributed by atoms with van der Waals surface area (Å²) in [6.07, 6.45) is 0. The molecule has 0 unspecified atom stereocenters. The lowest BCUT2D eigenvalue weighted by atomic mass is 10.1. The van der Waals surface area contributed by atoms with Crippen LogP contribution in [0.3, 0.4) is 0 Å². The Hall–Kier alpha value is -3.55. The summed E-state index contributed by atoms with van der Waals surface area (Å²) >= 11 is 11.8. The highest BCUT2D eigenvalue weighted by Gasteiger charge is 2.10. The quantitative estimate of drug-likeness (QED) is 0.485. The lowest BCUT2D eigenvalue weighted by Crippen LogP contribution is -2.43. The first kappa shape index (κ1) is 22.1. The summed E-state index contributed by atoms with van der Waals surface area (Å²) in [5, 5.41) is 3.45. The van der Waals surface area contributed by atoms with Gasteiger partial charge in [-0.2, -0.15) is 0 Å². The number of benzene rings is 3. The van der Waals surface area contributed by atoms with Gasteiger partial charge in [0.25, 0.3) is 17.7 Å². The normalized spacial score (nSPS) is 10.1. The molecule has 3 amide bonds. The van der Waals surface area contributed by atoms with Crippen molar-refractivity contribution >= 4 is 46.6 Å². The number of ether oxygens (including phenoxy) is 1. The first-order chi connectivity index (χ1) is 14.9. The van der Waals surface area contributed by atoms with Gasteiger partial charge >= 0.3 is 0 Å². The number of carbonyl (C=O) groups excluding carboxylic acids is 3. The fourth-order valence-electron chi connectivity index (χ4n) is 2.47. The predicted octanol–water partition coefficient (Wildman–Crippen LogP) is 4.09. The minimum absolute atomic E-state index is 0.258. The summed E-state index contributed by atoms with van der Waals surface area (Å²) < 4.78 is 5.29. The van der Waals surface area contributed by atoms with Crippen molar-refractivity contribution in [3.8, 4) is 5.75 Å². The Balaban J connectivity index is 1.46. The van der Waals surface area contributed by atoms with Crippen molar-refractivity contribution in [1.29, 1.82) is 0 Å². The number of hydrogen-bond acceptors (Lipinski definition) is 4. The smallest absolute Gasteiger partial charge is 0.276 e. The zero-order valence-electron chi connectivity index (χ0n) is 16.0. The third kappa shape index (κ3) is 6.47. The number of rotatable bonds is 6. The number of nitrogens with one attached hydrogen (secondary N) is 3. The Morgan fingerprint density at radius 3 is 2.13 bits per heavy atom. The molecule has 0 saturated heterocycles. The van der Waals surface area contributed by atoms with Crippen LogP contribution in [0, 0.1) is 0 Å². The SMILES string of the molecule is O=C(COc1ccc(Cl)cc1Cl)NNC(=O)c1ccc(NC(=O)c2ccccc2)cc1. The summed E-state index contributed by atoms with van der Waals surface area (Å²) in [4.78, 5) is 36.2. The van der Waals surface area contributed by atoms with Gasteiger partial charge in [-0.15, -0.1) is 0 Å². The minimum Gasteiger partial charge on any atom is -0.482 e. The molecule has 0 fully saturated rings. The zero-order chi connectivity index (χ0) is 22.2. The molecule has 0 aromatic heterocycles. The van der Waals surface area contributed by atoms with Gasteiger partial charge in [-0.05, 0) is 54.6 Å². The topological polar surface area (TPSA) is 96.5 Å². The van der Waals surface area contributed by atoms with Crippen LogP contribution in [0.25, 0.3) is 0 Å². The van der Waals surface area contributed by atoms with Crippen LogP contribution in [-0.4, -0.2) is 24.3 Å². The molecule has 0 heterocycles. The Bertz CT molecular complexity index is 1090. The van der Waals surface area contributed by atoms with Gasteiger partial charge in [0.15, 0.2) is 6.61 Å². The fourth-order valence-corrected chi connectivity index (χ4v) is 2.93. The monoisotopic (exact) mass is 457 g/mol. The highest BCUT2D eigenvalue weighted by atomic mass is 35.5. The van der Waals surface area contributed by atoms with Crippen LogP contribution in [0.15, 0.2) is 72.8 Å². The van der Waals surface area contributed by atoms with Crippen LogP contribution in [0.4, 0.5) is 5.69 Å². The molecule has 3 rings (SSSR count). The molecule has 7 nitrogen and oxygen atoms in total. The Morgan fingerprint density at radius 1 is 0.774 bits per heavy atom. The molecule has 0 aliphatic rings. The highest BCUT2D eigenvalue weighted by molar-refractivity contribution is 6.35. The second-order valence-electron chi connectivity index (χ2n) is 6.26. The third-order valence-electron chi connectivity index (χ3n) is 4.01. The van der Waals surface area contributed by atoms with Crippen molar-refractivity contribution in [1.82, 2.24) is 10.9 Å².